The Labute approximate surface area is 151 Å². The first kappa shape index (κ1) is 23.4. The quantitative estimate of drug-likeness (QED) is 0.683. The fourth-order valence-electron chi connectivity index (χ4n) is 2.22. The molecule has 6 heteroatoms. The van der Waals surface area contributed by atoms with Crippen LogP contribution in [0, 0.1) is 11.3 Å². The molecule has 0 aromatic carbocycles. The number of hydrogen-bond donors (Lipinski definition) is 2. The number of carbonyl (C=O) groups is 3. The van der Waals surface area contributed by atoms with Crippen LogP contribution >= 0.6 is 0 Å². The van der Waals surface area contributed by atoms with Crippen LogP contribution in [0.15, 0.2) is 4.99 Å². The van der Waals surface area contributed by atoms with Crippen LogP contribution < -0.4 is 5.73 Å². The van der Waals surface area contributed by atoms with Gasteiger partial charge >= 0.3 is 5.97 Å². The number of carbonyl (C=O) groups excluding carboxylic acids is 2. The Kier molecular flexibility index (Phi) is 10.4. The number of nitrogens with zero attached hydrogens (tertiary/aromatic N) is 1. The van der Waals surface area contributed by atoms with E-state index in [-0.39, 0.29) is 22.7 Å². The highest BCUT2D eigenvalue weighted by Crippen LogP contribution is 2.30. The minimum Gasteiger partial charge on any atom is -0.480 e. The van der Waals surface area contributed by atoms with E-state index >= 15 is 0 Å². The van der Waals surface area contributed by atoms with Crippen LogP contribution in [0.3, 0.4) is 0 Å². The van der Waals surface area contributed by atoms with Gasteiger partial charge in [-0.25, -0.2) is 0 Å². The van der Waals surface area contributed by atoms with Gasteiger partial charge in [-0.05, 0) is 30.6 Å². The highest BCUT2D eigenvalue weighted by atomic mass is 16.4. The van der Waals surface area contributed by atoms with Crippen molar-refractivity contribution in [2.24, 2.45) is 22.1 Å². The van der Waals surface area contributed by atoms with Crippen molar-refractivity contribution in [2.45, 2.75) is 79.2 Å². The number of ketones is 2. The fraction of sp³-hybridized carbons (Fsp3) is 0.789. The Morgan fingerprint density at radius 3 is 2.08 bits per heavy atom. The third-order valence-corrected chi connectivity index (χ3v) is 4.13. The van der Waals surface area contributed by atoms with Gasteiger partial charge in [0.25, 0.3) is 0 Å². The molecular weight excluding hydrogens is 320 g/mol. The van der Waals surface area contributed by atoms with Gasteiger partial charge in [0.05, 0.1) is 0 Å². The molecule has 144 valence electrons. The van der Waals surface area contributed by atoms with Crippen LogP contribution in [0.1, 0.15) is 73.1 Å². The molecule has 1 aliphatic carbocycles. The predicted octanol–water partition coefficient (Wildman–Crippen LogP) is 3.02. The lowest BCUT2D eigenvalue weighted by molar-refractivity contribution is -0.138. The Morgan fingerprint density at radius 2 is 1.68 bits per heavy atom. The first-order valence-electron chi connectivity index (χ1n) is 9.09. The Bertz CT molecular complexity index is 474. The summed E-state index contributed by atoms with van der Waals surface area (Å²) in [6.45, 7) is 10.8. The Hall–Kier alpha value is -1.56. The first-order valence-corrected chi connectivity index (χ1v) is 9.09. The van der Waals surface area contributed by atoms with Gasteiger partial charge in [-0.2, -0.15) is 0 Å². The molecule has 1 aliphatic rings. The van der Waals surface area contributed by atoms with Crippen LogP contribution in [0.2, 0.25) is 0 Å². The molecule has 0 heterocycles. The highest BCUT2D eigenvalue weighted by molar-refractivity contribution is 6.67. The van der Waals surface area contributed by atoms with Gasteiger partial charge in [-0.1, -0.05) is 41.0 Å². The second-order valence-corrected chi connectivity index (χ2v) is 7.84. The molecule has 0 unspecified atom stereocenters. The van der Waals surface area contributed by atoms with Gasteiger partial charge in [0.15, 0.2) is 11.6 Å². The lowest BCUT2D eigenvalue weighted by Gasteiger charge is -2.27. The van der Waals surface area contributed by atoms with Crippen LogP contribution in [0.4, 0.5) is 0 Å². The number of unbranched alkanes of at least 4 members (excludes halogenated alkanes) is 1. The summed E-state index contributed by atoms with van der Waals surface area (Å²) < 4.78 is 0. The van der Waals surface area contributed by atoms with E-state index in [2.05, 4.69) is 25.8 Å². The van der Waals surface area contributed by atoms with Gasteiger partial charge in [-0.3, -0.25) is 19.4 Å². The maximum atomic E-state index is 11.8. The van der Waals surface area contributed by atoms with Crippen LogP contribution in [-0.4, -0.2) is 40.9 Å². The SMILES string of the molecule is CC1(C)CC(=O)C(=NCCCC[C@H](N)C(=O)O)C(=O)C1.CCC(C)C. The van der Waals surface area contributed by atoms with E-state index in [4.69, 9.17) is 10.8 Å². The molecule has 0 aromatic rings. The van der Waals surface area contributed by atoms with E-state index in [9.17, 15) is 14.4 Å². The molecule has 0 bridgehead atoms. The average molecular weight is 354 g/mol. The number of aliphatic imine (C=N–C) groups is 1. The van der Waals surface area contributed by atoms with Crippen LogP contribution in [-0.2, 0) is 14.4 Å². The van der Waals surface area contributed by atoms with E-state index in [0.29, 0.717) is 38.6 Å². The molecule has 1 rings (SSSR count). The van der Waals surface area contributed by atoms with E-state index in [1.165, 1.54) is 6.42 Å². The van der Waals surface area contributed by atoms with E-state index in [0.717, 1.165) is 5.92 Å². The molecule has 1 fully saturated rings. The van der Waals surface area contributed by atoms with Gasteiger partial charge in [0.2, 0.25) is 0 Å². The Morgan fingerprint density at radius 1 is 1.20 bits per heavy atom. The van der Waals surface area contributed by atoms with Crippen molar-refractivity contribution in [3.8, 4) is 0 Å². The highest BCUT2D eigenvalue weighted by Gasteiger charge is 2.36. The molecule has 0 radical (unpaired) electrons. The van der Waals surface area contributed by atoms with Crippen molar-refractivity contribution in [3.05, 3.63) is 0 Å². The summed E-state index contributed by atoms with van der Waals surface area (Å²) in [5.74, 6) is -0.506. The zero-order valence-electron chi connectivity index (χ0n) is 16.3. The summed E-state index contributed by atoms with van der Waals surface area (Å²) in [6.07, 6.45) is 3.60. The summed E-state index contributed by atoms with van der Waals surface area (Å²) in [6, 6.07) is -0.860. The fourth-order valence-corrected chi connectivity index (χ4v) is 2.22. The maximum absolute atomic E-state index is 11.8. The van der Waals surface area contributed by atoms with E-state index in [1.54, 1.807) is 0 Å². The zero-order valence-corrected chi connectivity index (χ0v) is 16.3. The van der Waals surface area contributed by atoms with Crippen molar-refractivity contribution in [3.63, 3.8) is 0 Å². The maximum Gasteiger partial charge on any atom is 0.320 e. The molecule has 0 saturated heterocycles. The lowest BCUT2D eigenvalue weighted by atomic mass is 9.75. The second-order valence-electron chi connectivity index (χ2n) is 7.84. The summed E-state index contributed by atoms with van der Waals surface area (Å²) in [4.78, 5) is 38.3. The summed E-state index contributed by atoms with van der Waals surface area (Å²) in [5.41, 5.74) is 5.17. The molecule has 1 atom stereocenters. The average Bonchev–Trinajstić information content (AvgIpc) is 2.48. The number of carboxylic acids is 1. The summed E-state index contributed by atoms with van der Waals surface area (Å²) >= 11 is 0. The number of Topliss-reactive ketones (excluding diaryl/α,β-unsaturated/α-hetero) is 2. The third kappa shape index (κ3) is 10.1. The van der Waals surface area contributed by atoms with Gasteiger partial charge < -0.3 is 10.8 Å². The van der Waals surface area contributed by atoms with E-state index < -0.39 is 12.0 Å². The molecule has 0 aliphatic heterocycles. The minimum atomic E-state index is -1.02. The molecule has 25 heavy (non-hydrogen) atoms. The predicted molar refractivity (Wildman–Crippen MR) is 99.9 cm³/mol. The van der Waals surface area contributed by atoms with Gasteiger partial charge in [0.1, 0.15) is 11.8 Å². The van der Waals surface area contributed by atoms with Crippen LogP contribution in [0.25, 0.3) is 0 Å². The van der Waals surface area contributed by atoms with E-state index in [1.807, 2.05) is 13.8 Å². The molecule has 0 amide bonds. The number of nitrogens with two attached hydrogens (primary N) is 1. The van der Waals surface area contributed by atoms with Gasteiger partial charge in [0, 0.05) is 19.4 Å². The normalized spacial score (nSPS) is 17.8. The van der Waals surface area contributed by atoms with Crippen molar-refractivity contribution >= 4 is 23.2 Å². The third-order valence-electron chi connectivity index (χ3n) is 4.13. The zero-order chi connectivity index (χ0) is 19.6. The summed E-state index contributed by atoms with van der Waals surface area (Å²) in [7, 11) is 0. The Balaban J connectivity index is 0.00000101. The largest absolute Gasteiger partial charge is 0.480 e. The minimum absolute atomic E-state index is 0.0758. The number of aliphatic carboxylic acids is 1. The van der Waals surface area contributed by atoms with Crippen molar-refractivity contribution in [2.75, 3.05) is 6.54 Å². The smallest absolute Gasteiger partial charge is 0.320 e. The molecule has 1 saturated carbocycles. The standard InChI is InChI=1S/C14H22N2O4.C5H12/c1-14(2)7-10(17)12(11(18)8-14)16-6-4-3-5-9(15)13(19)20;1-4-5(2)3/h9H,3-8,15H2,1-2H3,(H,19,20);5H,4H2,1-3H3/t9-;/m0./s1. The molecule has 3 N–H and O–H groups in total. The molecule has 0 aromatic heterocycles. The first-order chi connectivity index (χ1) is 11.5. The van der Waals surface area contributed by atoms with Crippen molar-refractivity contribution < 1.29 is 19.5 Å². The number of hydrogen-bond acceptors (Lipinski definition) is 5. The monoisotopic (exact) mass is 354 g/mol. The number of carboxylic acid groups (broad SMARTS) is 1. The second kappa shape index (κ2) is 11.1. The number of rotatable bonds is 7. The topological polar surface area (TPSA) is 110 Å². The van der Waals surface area contributed by atoms with Crippen molar-refractivity contribution in [1.29, 1.82) is 0 Å². The molecular formula is C19H34N2O4. The van der Waals surface area contributed by atoms with Crippen molar-refractivity contribution in [1.82, 2.24) is 0 Å². The molecule has 6 nitrogen and oxygen atoms in total. The lowest BCUT2D eigenvalue weighted by Crippen LogP contribution is -2.38. The van der Waals surface area contributed by atoms with Crippen LogP contribution in [0.5, 0.6) is 0 Å². The summed E-state index contributed by atoms with van der Waals surface area (Å²) in [5, 5.41) is 8.62. The molecule has 0 spiro atoms. The van der Waals surface area contributed by atoms with Gasteiger partial charge in [-0.15, -0.1) is 0 Å².